The fourth-order valence-electron chi connectivity index (χ4n) is 1.03. The Morgan fingerprint density at radius 2 is 2.07 bits per heavy atom. The fraction of sp³-hybridized carbons (Fsp3) is 0.182. The lowest BCUT2D eigenvalue weighted by atomic mass is 10.3. The molecule has 0 N–H and O–H groups in total. The van der Waals surface area contributed by atoms with Gasteiger partial charge in [0.1, 0.15) is 0 Å². The van der Waals surface area contributed by atoms with Gasteiger partial charge in [0.25, 0.3) is 0 Å². The van der Waals surface area contributed by atoms with Crippen molar-refractivity contribution in [1.82, 2.24) is 0 Å². The minimum Gasteiger partial charge on any atom is -0.350 e. The van der Waals surface area contributed by atoms with E-state index in [0.717, 1.165) is 5.69 Å². The zero-order valence-electron chi connectivity index (χ0n) is 8.20. The van der Waals surface area contributed by atoms with Crippen molar-refractivity contribution in [2.45, 2.75) is 6.92 Å². The Morgan fingerprint density at radius 1 is 1.43 bits per heavy atom. The molecule has 1 rings (SSSR count). The second-order valence-corrected chi connectivity index (χ2v) is 3.40. The topological polar surface area (TPSA) is 20.3 Å². The van der Waals surface area contributed by atoms with E-state index >= 15 is 0 Å². The Labute approximate surface area is 88.8 Å². The van der Waals surface area contributed by atoms with Crippen LogP contribution in [0.3, 0.4) is 0 Å². The quantitative estimate of drug-likeness (QED) is 0.714. The summed E-state index contributed by atoms with van der Waals surface area (Å²) in [5, 5.41) is 0.670. The van der Waals surface area contributed by atoms with Crippen LogP contribution >= 0.6 is 11.6 Å². The number of allylic oxidation sites excluding steroid dienone is 1. The summed E-state index contributed by atoms with van der Waals surface area (Å²) in [6, 6.07) is 7.48. The van der Waals surface area contributed by atoms with E-state index in [1.165, 1.54) is 13.0 Å². The number of nitrogens with zero attached hydrogens (tertiary/aromatic N) is 1. The van der Waals surface area contributed by atoms with Gasteiger partial charge >= 0.3 is 0 Å². The van der Waals surface area contributed by atoms with E-state index in [9.17, 15) is 4.79 Å². The number of hydrogen-bond donors (Lipinski definition) is 0. The van der Waals surface area contributed by atoms with Crippen molar-refractivity contribution in [1.29, 1.82) is 0 Å². The lowest BCUT2D eigenvalue weighted by Gasteiger charge is -2.14. The van der Waals surface area contributed by atoms with Crippen LogP contribution in [0.4, 0.5) is 5.69 Å². The highest BCUT2D eigenvalue weighted by molar-refractivity contribution is 6.33. The molecule has 0 atom stereocenters. The van der Waals surface area contributed by atoms with E-state index in [1.54, 1.807) is 6.20 Å². The molecule has 0 aliphatic carbocycles. The molecule has 0 aromatic heterocycles. The molecule has 1 aromatic carbocycles. The number of rotatable bonds is 3. The average Bonchev–Trinajstić information content (AvgIpc) is 2.15. The van der Waals surface area contributed by atoms with Gasteiger partial charge in [0, 0.05) is 13.2 Å². The van der Waals surface area contributed by atoms with Crippen molar-refractivity contribution in [3.05, 3.63) is 41.6 Å². The summed E-state index contributed by atoms with van der Waals surface area (Å²) in [6.07, 6.45) is 3.20. The van der Waals surface area contributed by atoms with Crippen LogP contribution in [-0.4, -0.2) is 12.8 Å². The molecule has 3 heteroatoms. The molecule has 2 nitrogen and oxygen atoms in total. The Balaban J connectivity index is 2.84. The summed E-state index contributed by atoms with van der Waals surface area (Å²) in [4.78, 5) is 12.5. The monoisotopic (exact) mass is 209 g/mol. The minimum atomic E-state index is 0.0175. The van der Waals surface area contributed by atoms with Crippen molar-refractivity contribution in [3.63, 3.8) is 0 Å². The molecule has 0 aliphatic heterocycles. The molecule has 1 aromatic rings. The number of carbonyl (C=O) groups excluding carboxylic acids is 1. The number of para-hydroxylation sites is 1. The van der Waals surface area contributed by atoms with Crippen LogP contribution in [0, 0.1) is 0 Å². The van der Waals surface area contributed by atoms with Gasteiger partial charge < -0.3 is 4.90 Å². The van der Waals surface area contributed by atoms with Crippen molar-refractivity contribution >= 4 is 23.1 Å². The van der Waals surface area contributed by atoms with Gasteiger partial charge in [-0.3, -0.25) is 4.79 Å². The molecule has 0 aliphatic rings. The van der Waals surface area contributed by atoms with Crippen LogP contribution < -0.4 is 4.90 Å². The van der Waals surface area contributed by atoms with Crippen molar-refractivity contribution in [2.75, 3.05) is 11.9 Å². The van der Waals surface area contributed by atoms with Gasteiger partial charge in [0.2, 0.25) is 0 Å². The highest BCUT2D eigenvalue weighted by Crippen LogP contribution is 2.23. The van der Waals surface area contributed by atoms with Gasteiger partial charge in [-0.15, -0.1) is 0 Å². The third-order valence-electron chi connectivity index (χ3n) is 1.77. The molecule has 0 unspecified atom stereocenters. The number of carbonyl (C=O) groups is 1. The number of benzene rings is 1. The lowest BCUT2D eigenvalue weighted by molar-refractivity contribution is -0.112. The fourth-order valence-corrected chi connectivity index (χ4v) is 1.30. The predicted molar refractivity (Wildman–Crippen MR) is 59.7 cm³/mol. The molecule has 0 saturated heterocycles. The molecule has 0 heterocycles. The summed E-state index contributed by atoms with van der Waals surface area (Å²) in [7, 11) is 1.85. The molecule has 0 radical (unpaired) electrons. The van der Waals surface area contributed by atoms with E-state index < -0.39 is 0 Å². The second kappa shape index (κ2) is 4.82. The summed E-state index contributed by atoms with van der Waals surface area (Å²) in [5.74, 6) is 0.0175. The Kier molecular flexibility index (Phi) is 3.72. The first-order valence-corrected chi connectivity index (χ1v) is 4.65. The maximum absolute atomic E-state index is 10.7. The Hall–Kier alpha value is -1.28. The highest BCUT2D eigenvalue weighted by Gasteiger charge is 2.01. The number of halogens is 1. The zero-order valence-corrected chi connectivity index (χ0v) is 8.95. The number of anilines is 1. The number of hydrogen-bond acceptors (Lipinski definition) is 2. The van der Waals surface area contributed by atoms with Crippen LogP contribution in [0.2, 0.25) is 5.02 Å². The van der Waals surface area contributed by atoms with Crippen LogP contribution in [0.15, 0.2) is 36.5 Å². The van der Waals surface area contributed by atoms with Gasteiger partial charge in [-0.1, -0.05) is 23.7 Å². The average molecular weight is 210 g/mol. The summed E-state index contributed by atoms with van der Waals surface area (Å²) < 4.78 is 0. The van der Waals surface area contributed by atoms with Crippen LogP contribution in [-0.2, 0) is 4.79 Å². The normalized spacial score (nSPS) is 10.5. The van der Waals surface area contributed by atoms with E-state index in [1.807, 2.05) is 36.2 Å². The first kappa shape index (κ1) is 10.8. The SMILES string of the molecule is CC(=O)/C=C/N(C)c1ccccc1Cl. The summed E-state index contributed by atoms with van der Waals surface area (Å²) in [5.41, 5.74) is 0.881. The maximum atomic E-state index is 10.7. The largest absolute Gasteiger partial charge is 0.350 e. The molecule has 0 saturated carbocycles. The lowest BCUT2D eigenvalue weighted by Crippen LogP contribution is -2.08. The van der Waals surface area contributed by atoms with Crippen LogP contribution in [0.5, 0.6) is 0 Å². The minimum absolute atomic E-state index is 0.0175. The maximum Gasteiger partial charge on any atom is 0.154 e. The third kappa shape index (κ3) is 2.89. The van der Waals surface area contributed by atoms with Gasteiger partial charge in [-0.25, -0.2) is 0 Å². The first-order chi connectivity index (χ1) is 6.61. The van der Waals surface area contributed by atoms with E-state index in [2.05, 4.69) is 0 Å². The van der Waals surface area contributed by atoms with Crippen LogP contribution in [0.25, 0.3) is 0 Å². The molecule has 0 fully saturated rings. The molecule has 0 amide bonds. The molecule has 14 heavy (non-hydrogen) atoms. The smallest absolute Gasteiger partial charge is 0.154 e. The van der Waals surface area contributed by atoms with Gasteiger partial charge in [0.05, 0.1) is 10.7 Å². The Bertz CT molecular complexity index is 360. The van der Waals surface area contributed by atoms with E-state index in [-0.39, 0.29) is 5.78 Å². The van der Waals surface area contributed by atoms with Crippen molar-refractivity contribution in [2.24, 2.45) is 0 Å². The second-order valence-electron chi connectivity index (χ2n) is 2.99. The molecule has 74 valence electrons. The zero-order chi connectivity index (χ0) is 10.6. The van der Waals surface area contributed by atoms with E-state index in [4.69, 9.17) is 11.6 Å². The van der Waals surface area contributed by atoms with E-state index in [0.29, 0.717) is 5.02 Å². The van der Waals surface area contributed by atoms with Crippen molar-refractivity contribution in [3.8, 4) is 0 Å². The van der Waals surface area contributed by atoms with Gasteiger partial charge in [-0.05, 0) is 25.1 Å². The molecule has 0 spiro atoms. The van der Waals surface area contributed by atoms with Crippen molar-refractivity contribution < 1.29 is 4.79 Å². The molecular formula is C11H12ClNO. The highest BCUT2D eigenvalue weighted by atomic mass is 35.5. The summed E-state index contributed by atoms with van der Waals surface area (Å²) >= 11 is 5.97. The number of ketones is 1. The summed E-state index contributed by atoms with van der Waals surface area (Å²) in [6.45, 7) is 1.51. The first-order valence-electron chi connectivity index (χ1n) is 4.27. The van der Waals surface area contributed by atoms with Gasteiger partial charge in [-0.2, -0.15) is 0 Å². The molecule has 0 bridgehead atoms. The van der Waals surface area contributed by atoms with Crippen LogP contribution in [0.1, 0.15) is 6.92 Å². The Morgan fingerprint density at radius 3 is 2.64 bits per heavy atom. The van der Waals surface area contributed by atoms with Gasteiger partial charge in [0.15, 0.2) is 5.78 Å². The third-order valence-corrected chi connectivity index (χ3v) is 2.08. The predicted octanol–water partition coefficient (Wildman–Crippen LogP) is 2.88. The standard InChI is InChI=1S/C11H12ClNO/c1-9(14)7-8-13(2)11-6-4-3-5-10(11)12/h3-8H,1-2H3/b8-7+. The molecular weight excluding hydrogens is 198 g/mol.